The summed E-state index contributed by atoms with van der Waals surface area (Å²) in [7, 11) is 0. The van der Waals surface area contributed by atoms with E-state index < -0.39 is 5.41 Å². The third-order valence-electron chi connectivity index (χ3n) is 3.96. The molecule has 102 valence electrons. The molecule has 1 fully saturated rings. The van der Waals surface area contributed by atoms with E-state index in [1.54, 1.807) is 30.0 Å². The number of carbonyl (C=O) groups excluding carboxylic acids is 2. The van der Waals surface area contributed by atoms with E-state index in [4.69, 9.17) is 11.5 Å². The molecule has 0 aromatic heterocycles. The van der Waals surface area contributed by atoms with Crippen molar-refractivity contribution in [3.05, 3.63) is 29.3 Å². The Balaban J connectivity index is 2.23. The van der Waals surface area contributed by atoms with Crippen LogP contribution in [0.25, 0.3) is 0 Å². The van der Waals surface area contributed by atoms with E-state index in [0.717, 1.165) is 5.56 Å². The fourth-order valence-corrected chi connectivity index (χ4v) is 2.39. The van der Waals surface area contributed by atoms with Crippen LogP contribution in [-0.2, 0) is 4.79 Å². The second-order valence-corrected chi connectivity index (χ2v) is 5.42. The first-order chi connectivity index (χ1) is 8.85. The molecule has 1 atom stereocenters. The van der Waals surface area contributed by atoms with Crippen molar-refractivity contribution in [2.24, 2.45) is 11.1 Å². The van der Waals surface area contributed by atoms with Crippen LogP contribution >= 0.6 is 0 Å². The van der Waals surface area contributed by atoms with Crippen LogP contribution in [0.2, 0.25) is 0 Å². The average Bonchev–Trinajstić information content (AvgIpc) is 2.76. The van der Waals surface area contributed by atoms with Gasteiger partial charge in [0.25, 0.3) is 5.91 Å². The number of nitrogens with two attached hydrogens (primary N) is 2. The predicted molar refractivity (Wildman–Crippen MR) is 73.4 cm³/mol. The number of carbonyl (C=O) groups is 2. The summed E-state index contributed by atoms with van der Waals surface area (Å²) in [6, 6.07) is 5.29. The first kappa shape index (κ1) is 13.4. The summed E-state index contributed by atoms with van der Waals surface area (Å²) in [6.45, 7) is 4.54. The molecule has 0 spiro atoms. The average molecular weight is 261 g/mol. The number of amides is 2. The number of primary amides is 1. The van der Waals surface area contributed by atoms with Crippen molar-refractivity contribution in [3.63, 3.8) is 0 Å². The van der Waals surface area contributed by atoms with Gasteiger partial charge in [0.05, 0.1) is 5.41 Å². The van der Waals surface area contributed by atoms with Crippen molar-refractivity contribution >= 4 is 17.5 Å². The maximum atomic E-state index is 12.4. The molecule has 0 bridgehead atoms. The van der Waals surface area contributed by atoms with Gasteiger partial charge in [-0.1, -0.05) is 6.07 Å². The summed E-state index contributed by atoms with van der Waals surface area (Å²) >= 11 is 0. The molecule has 4 N–H and O–H groups in total. The van der Waals surface area contributed by atoms with Crippen molar-refractivity contribution in [1.29, 1.82) is 0 Å². The molecule has 1 saturated heterocycles. The molecule has 0 saturated carbocycles. The fraction of sp³-hybridized carbons (Fsp3) is 0.429. The number of nitrogens with zero attached hydrogens (tertiary/aromatic N) is 1. The maximum absolute atomic E-state index is 12.4. The van der Waals surface area contributed by atoms with E-state index in [9.17, 15) is 9.59 Å². The summed E-state index contributed by atoms with van der Waals surface area (Å²) in [6.07, 6.45) is 0.607. The van der Waals surface area contributed by atoms with Gasteiger partial charge in [-0.3, -0.25) is 9.59 Å². The van der Waals surface area contributed by atoms with Crippen LogP contribution in [0.15, 0.2) is 18.2 Å². The molecule has 2 rings (SSSR count). The van der Waals surface area contributed by atoms with Crippen LogP contribution in [-0.4, -0.2) is 29.8 Å². The largest absolute Gasteiger partial charge is 0.398 e. The highest BCUT2D eigenvalue weighted by Gasteiger charge is 2.41. The Labute approximate surface area is 112 Å². The van der Waals surface area contributed by atoms with Gasteiger partial charge in [0.15, 0.2) is 0 Å². The minimum atomic E-state index is -0.621. The topological polar surface area (TPSA) is 89.4 Å². The number of benzene rings is 1. The second-order valence-electron chi connectivity index (χ2n) is 5.42. The van der Waals surface area contributed by atoms with Crippen molar-refractivity contribution in [1.82, 2.24) is 4.90 Å². The molecule has 1 aromatic carbocycles. The zero-order valence-corrected chi connectivity index (χ0v) is 11.3. The van der Waals surface area contributed by atoms with Gasteiger partial charge in [-0.05, 0) is 38.0 Å². The summed E-state index contributed by atoms with van der Waals surface area (Å²) in [5.41, 5.74) is 12.6. The molecule has 0 aliphatic carbocycles. The molecule has 1 aliphatic heterocycles. The fourth-order valence-electron chi connectivity index (χ4n) is 2.39. The van der Waals surface area contributed by atoms with E-state index in [-0.39, 0.29) is 11.8 Å². The number of nitrogen functional groups attached to an aromatic ring is 1. The van der Waals surface area contributed by atoms with Gasteiger partial charge in [-0.15, -0.1) is 0 Å². The second kappa shape index (κ2) is 4.57. The standard InChI is InChI=1S/C14H19N3O2/c1-9-10(4-3-5-11(9)15)12(18)17-7-6-14(2,8-17)13(16)19/h3-5H,6-8,15H2,1-2H3,(H2,16,19). The Morgan fingerprint density at radius 3 is 2.63 bits per heavy atom. The van der Waals surface area contributed by atoms with Crippen LogP contribution in [0.3, 0.4) is 0 Å². The van der Waals surface area contributed by atoms with Crippen LogP contribution in [0, 0.1) is 12.3 Å². The number of likely N-dealkylation sites (tertiary alicyclic amines) is 1. The van der Waals surface area contributed by atoms with Gasteiger partial charge in [0, 0.05) is 24.3 Å². The van der Waals surface area contributed by atoms with E-state index in [0.29, 0.717) is 30.8 Å². The van der Waals surface area contributed by atoms with Crippen molar-refractivity contribution < 1.29 is 9.59 Å². The minimum Gasteiger partial charge on any atom is -0.398 e. The van der Waals surface area contributed by atoms with E-state index in [1.165, 1.54) is 0 Å². The summed E-state index contributed by atoms with van der Waals surface area (Å²) in [5.74, 6) is -0.443. The molecule has 1 unspecified atom stereocenters. The number of hydrogen-bond donors (Lipinski definition) is 2. The van der Waals surface area contributed by atoms with Crippen LogP contribution < -0.4 is 11.5 Å². The molecule has 1 heterocycles. The number of hydrogen-bond acceptors (Lipinski definition) is 3. The van der Waals surface area contributed by atoms with Crippen molar-refractivity contribution in [2.75, 3.05) is 18.8 Å². The normalized spacial score (nSPS) is 22.5. The van der Waals surface area contributed by atoms with E-state index in [1.807, 2.05) is 6.92 Å². The summed E-state index contributed by atoms with van der Waals surface area (Å²) in [4.78, 5) is 25.5. The first-order valence-electron chi connectivity index (χ1n) is 6.29. The molecule has 2 amide bonds. The summed E-state index contributed by atoms with van der Waals surface area (Å²) < 4.78 is 0. The molecular weight excluding hydrogens is 242 g/mol. The Morgan fingerprint density at radius 1 is 1.37 bits per heavy atom. The van der Waals surface area contributed by atoms with Crippen LogP contribution in [0.5, 0.6) is 0 Å². The SMILES string of the molecule is Cc1c(N)cccc1C(=O)N1CCC(C)(C(N)=O)C1. The van der Waals surface area contributed by atoms with E-state index in [2.05, 4.69) is 0 Å². The Kier molecular flexibility index (Phi) is 3.22. The molecule has 5 nitrogen and oxygen atoms in total. The highest BCUT2D eigenvalue weighted by Crippen LogP contribution is 2.31. The van der Waals surface area contributed by atoms with Gasteiger partial charge in [-0.25, -0.2) is 0 Å². The maximum Gasteiger partial charge on any atom is 0.254 e. The zero-order chi connectivity index (χ0) is 14.2. The molecule has 5 heteroatoms. The lowest BCUT2D eigenvalue weighted by Gasteiger charge is -2.22. The molecule has 1 aromatic rings. The van der Waals surface area contributed by atoms with Gasteiger partial charge >= 0.3 is 0 Å². The molecule has 0 radical (unpaired) electrons. The molecular formula is C14H19N3O2. The van der Waals surface area contributed by atoms with Gasteiger partial charge in [0.1, 0.15) is 0 Å². The van der Waals surface area contributed by atoms with Crippen molar-refractivity contribution in [3.8, 4) is 0 Å². The molecule has 19 heavy (non-hydrogen) atoms. The lowest BCUT2D eigenvalue weighted by molar-refractivity contribution is -0.126. The van der Waals surface area contributed by atoms with Crippen molar-refractivity contribution in [2.45, 2.75) is 20.3 Å². The monoisotopic (exact) mass is 261 g/mol. The lowest BCUT2D eigenvalue weighted by atomic mass is 9.89. The number of rotatable bonds is 2. The zero-order valence-electron chi connectivity index (χ0n) is 11.3. The third kappa shape index (κ3) is 2.28. The van der Waals surface area contributed by atoms with Crippen LogP contribution in [0.4, 0.5) is 5.69 Å². The van der Waals surface area contributed by atoms with E-state index >= 15 is 0 Å². The van der Waals surface area contributed by atoms with Gasteiger partial charge < -0.3 is 16.4 Å². The Morgan fingerprint density at radius 2 is 2.05 bits per heavy atom. The smallest absolute Gasteiger partial charge is 0.254 e. The summed E-state index contributed by atoms with van der Waals surface area (Å²) in [5, 5.41) is 0. The van der Waals surface area contributed by atoms with Gasteiger partial charge in [0.2, 0.25) is 5.91 Å². The quantitative estimate of drug-likeness (QED) is 0.775. The minimum absolute atomic E-state index is 0.0882. The van der Waals surface area contributed by atoms with Crippen LogP contribution in [0.1, 0.15) is 29.3 Å². The Hall–Kier alpha value is -2.04. The third-order valence-corrected chi connectivity index (χ3v) is 3.96. The first-order valence-corrected chi connectivity index (χ1v) is 6.29. The highest BCUT2D eigenvalue weighted by atomic mass is 16.2. The lowest BCUT2D eigenvalue weighted by Crippen LogP contribution is -2.38. The van der Waals surface area contributed by atoms with Gasteiger partial charge in [-0.2, -0.15) is 0 Å². The molecule has 1 aliphatic rings. The predicted octanol–water partition coefficient (Wildman–Crippen LogP) is 0.915. The Bertz CT molecular complexity index is 541. The number of anilines is 1. The highest BCUT2D eigenvalue weighted by molar-refractivity contribution is 5.97.